The summed E-state index contributed by atoms with van der Waals surface area (Å²) in [5.74, 6) is 2.25. The van der Waals surface area contributed by atoms with Gasteiger partial charge in [-0.05, 0) is 221 Å². The first-order valence-electron chi connectivity index (χ1n) is 30.5. The Morgan fingerprint density at radius 2 is 1.63 bits per heavy atom. The molecular weight excluding hydrogens is 1270 g/mol. The molecular formula is C69H79BrCl4N2O10S. The fourth-order valence-corrected chi connectivity index (χ4v) is 17.1. The lowest BCUT2D eigenvalue weighted by atomic mass is 9.63. The highest BCUT2D eigenvalue weighted by Gasteiger charge is 2.51. The van der Waals surface area contributed by atoms with E-state index in [4.69, 9.17) is 60.4 Å². The van der Waals surface area contributed by atoms with Crippen LogP contribution in [0.15, 0.2) is 139 Å². The first-order chi connectivity index (χ1) is 41.3. The minimum atomic E-state index is -4.24. The number of carbonyl (C=O) groups excluding carboxylic acids is 1. The van der Waals surface area contributed by atoms with Crippen molar-refractivity contribution in [1.29, 1.82) is 0 Å². The molecule has 5 aromatic rings. The van der Waals surface area contributed by atoms with Gasteiger partial charge in [0.15, 0.2) is 0 Å². The van der Waals surface area contributed by atoms with Gasteiger partial charge < -0.3 is 34.2 Å². The number of carbonyl (C=O) groups is 1. The number of aryl methyl sites for hydroxylation is 1. The Kier molecular flexibility index (Phi) is 18.9. The van der Waals surface area contributed by atoms with Crippen LogP contribution >= 0.6 is 62.3 Å². The Balaban J connectivity index is 0.683. The van der Waals surface area contributed by atoms with Gasteiger partial charge in [-0.3, -0.25) is 9.35 Å². The van der Waals surface area contributed by atoms with E-state index in [9.17, 15) is 29.0 Å². The van der Waals surface area contributed by atoms with Crippen molar-refractivity contribution in [2.24, 2.45) is 17.8 Å². The molecule has 0 aliphatic heterocycles. The van der Waals surface area contributed by atoms with Crippen molar-refractivity contribution in [3.63, 3.8) is 0 Å². The fraction of sp³-hybridized carbons (Fsp3) is 0.478. The Bertz CT molecular complexity index is 3560. The summed E-state index contributed by atoms with van der Waals surface area (Å²) in [5.41, 5.74) is 5.10. The van der Waals surface area contributed by atoms with Crippen molar-refractivity contribution in [3.05, 3.63) is 179 Å². The quantitative estimate of drug-likeness (QED) is 0.0223. The summed E-state index contributed by atoms with van der Waals surface area (Å²) in [6.07, 6.45) is 19.8. The lowest BCUT2D eigenvalue weighted by Gasteiger charge is -2.47. The number of esters is 1. The Labute approximate surface area is 539 Å². The van der Waals surface area contributed by atoms with Gasteiger partial charge in [0.1, 0.15) is 17.2 Å². The van der Waals surface area contributed by atoms with Gasteiger partial charge in [-0.2, -0.15) is 14.4 Å². The number of allylic oxidation sites excluding steroid dienone is 3. The molecule has 11 rings (SSSR count). The highest BCUT2D eigenvalue weighted by Crippen LogP contribution is 2.55. The van der Waals surface area contributed by atoms with Crippen LogP contribution in [-0.4, -0.2) is 89.4 Å². The lowest BCUT2D eigenvalue weighted by molar-refractivity contribution is -0.158. The maximum atomic E-state index is 13.5. The number of rotatable bonds is 27. The number of ether oxygens (including phenoxy) is 3. The normalized spacial score (nSPS) is 26.5. The minimum Gasteiger partial charge on any atom is -0.494 e. The predicted octanol–water partition coefficient (Wildman–Crippen LogP) is 16.8. The van der Waals surface area contributed by atoms with E-state index in [1.165, 1.54) is 24.5 Å². The number of aromatic nitrogens is 1. The van der Waals surface area contributed by atoms with Gasteiger partial charge in [0.05, 0.1) is 58.5 Å². The van der Waals surface area contributed by atoms with E-state index in [1.54, 1.807) is 35.4 Å². The van der Waals surface area contributed by atoms with Crippen molar-refractivity contribution in [3.8, 4) is 17.0 Å². The van der Waals surface area contributed by atoms with Gasteiger partial charge in [-0.1, -0.05) is 123 Å². The van der Waals surface area contributed by atoms with Gasteiger partial charge in [0, 0.05) is 55.7 Å². The van der Waals surface area contributed by atoms with Crippen LogP contribution in [0.4, 0.5) is 0 Å². The van der Waals surface area contributed by atoms with Crippen molar-refractivity contribution in [1.82, 2.24) is 10.2 Å². The second-order valence-corrected chi connectivity index (χ2v) is 32.5. The van der Waals surface area contributed by atoms with E-state index < -0.39 is 32.1 Å². The SMILES string of the molecule is C=C(Cl)/C=C\CC[C@H](C(CCOc1ccc(C2(O)CC(c3ccc(S(C)(=O)(O)CCC(=O)OC)cc3)C2)c(C)c1)C1CC1)N(O)[C@H]1CC1Cc1cc(C2CC(O)(C3=CCC(C)(OCc4c(-c5c(Cl)cccc5Cl)noc4C4CC4)C=C3Cl)C2)ccc1Br. The monoisotopic (exact) mass is 1350 g/mol. The molecule has 4 aromatic carbocycles. The van der Waals surface area contributed by atoms with Crippen LogP contribution in [0, 0.1) is 24.7 Å². The smallest absolute Gasteiger partial charge is 0.307 e. The van der Waals surface area contributed by atoms with Crippen LogP contribution in [0.25, 0.3) is 11.3 Å². The van der Waals surface area contributed by atoms with Gasteiger partial charge in [-0.25, -0.2) is 4.21 Å². The van der Waals surface area contributed by atoms with Crippen LogP contribution in [0.3, 0.4) is 0 Å². The predicted molar refractivity (Wildman–Crippen MR) is 347 cm³/mol. The second-order valence-electron chi connectivity index (χ2n) is 26.1. The maximum absolute atomic E-state index is 13.5. The summed E-state index contributed by atoms with van der Waals surface area (Å²) in [6.45, 7) is 8.54. The van der Waals surface area contributed by atoms with Crippen molar-refractivity contribution in [2.75, 3.05) is 25.7 Å². The number of hydrogen-bond acceptors (Lipinski definition) is 11. The molecule has 18 heteroatoms. The molecule has 0 spiro atoms. The Hall–Kier alpha value is -4.13. The number of nitrogens with zero attached hydrogens (tertiary/aromatic N) is 2. The summed E-state index contributed by atoms with van der Waals surface area (Å²) in [7, 11) is -2.98. The van der Waals surface area contributed by atoms with E-state index in [1.807, 2.05) is 68.5 Å². The van der Waals surface area contributed by atoms with E-state index in [2.05, 4.69) is 50.6 Å². The molecule has 0 bridgehead atoms. The zero-order valence-electron chi connectivity index (χ0n) is 49.8. The van der Waals surface area contributed by atoms with Crippen LogP contribution < -0.4 is 4.74 Å². The van der Waals surface area contributed by atoms with E-state index >= 15 is 0 Å². The summed E-state index contributed by atoms with van der Waals surface area (Å²) in [4.78, 5) is 12.0. The van der Waals surface area contributed by atoms with Gasteiger partial charge in [-0.15, -0.1) is 0 Å². The molecule has 4 N–H and O–H groups in total. The molecule has 1 heterocycles. The van der Waals surface area contributed by atoms with E-state index in [-0.39, 0.29) is 65.3 Å². The molecule has 6 aliphatic rings. The zero-order chi connectivity index (χ0) is 61.8. The lowest BCUT2D eigenvalue weighted by Crippen LogP contribution is -2.45. The van der Waals surface area contributed by atoms with Gasteiger partial charge in [0.25, 0.3) is 0 Å². The average molecular weight is 1350 g/mol. The Morgan fingerprint density at radius 1 is 0.943 bits per heavy atom. The molecule has 5 fully saturated rings. The first kappa shape index (κ1) is 64.4. The third-order valence-electron chi connectivity index (χ3n) is 19.4. The molecule has 0 saturated heterocycles. The molecule has 1 aromatic heterocycles. The van der Waals surface area contributed by atoms with Crippen LogP contribution in [0.2, 0.25) is 10.0 Å². The number of benzene rings is 4. The van der Waals surface area contributed by atoms with E-state index in [0.29, 0.717) is 76.0 Å². The summed E-state index contributed by atoms with van der Waals surface area (Å²) >= 11 is 30.3. The van der Waals surface area contributed by atoms with Crippen molar-refractivity contribution in [2.45, 2.75) is 168 Å². The molecule has 12 nitrogen and oxygen atoms in total. The van der Waals surface area contributed by atoms with Crippen LogP contribution in [-0.2, 0) is 42.2 Å². The standard InChI is InChI=1S/C69H79BrCl4N2O10S/c1-41-31-51(20-23-55(41)68(78)35-49(36-68)43-17-21-52(22-18-43)87(5,81,82)30-27-63(77)83-4)84-29-26-53(44-13-14-44)61(12-7-6-9-42(2)71)76(80)62-34-48(62)33-47-32-46(19-24-57(47)70)50-37-69(79,38-50)56-25-28-67(3,39-60(56)74)85-40-54-65(75-86-66(54)45-15-16-45)64-58(72)10-8-11-59(64)73/h6,8-11,17-25,31-32,39,44-45,48-50,53,61-62,78-80H,2,7,12-16,26-30,33-38,40H2,1,3-5H3,(H,81,82)/b9-6-/t48?,49?,50?,53?,61-,62+,67?,68?,69?/m1/s1. The minimum absolute atomic E-state index is 0.00758. The topological polar surface area (TPSA) is 172 Å². The summed E-state index contributed by atoms with van der Waals surface area (Å²) < 4.78 is 49.3. The molecule has 5 atom stereocenters. The summed E-state index contributed by atoms with van der Waals surface area (Å²) in [5, 5.41) is 44.3. The largest absolute Gasteiger partial charge is 0.494 e. The number of methoxy groups -OCH3 is 1. The highest BCUT2D eigenvalue weighted by atomic mass is 79.9. The van der Waals surface area contributed by atoms with Gasteiger partial charge in [0.2, 0.25) is 0 Å². The second kappa shape index (κ2) is 25.5. The van der Waals surface area contributed by atoms with Crippen molar-refractivity contribution >= 4 is 77.6 Å². The highest BCUT2D eigenvalue weighted by molar-refractivity contribution is 9.10. The van der Waals surface area contributed by atoms with Crippen LogP contribution in [0.1, 0.15) is 154 Å². The van der Waals surface area contributed by atoms with Crippen molar-refractivity contribution < 1.29 is 47.7 Å². The zero-order valence-corrected chi connectivity index (χ0v) is 55.2. The fourth-order valence-electron chi connectivity index (χ4n) is 13.8. The molecule has 6 aliphatic carbocycles. The molecule has 466 valence electrons. The number of halogens is 5. The number of aliphatic hydroxyl groups is 2. The molecule has 3 unspecified atom stereocenters. The summed E-state index contributed by atoms with van der Waals surface area (Å²) in [6, 6.07) is 24.7. The van der Waals surface area contributed by atoms with Crippen LogP contribution in [0.5, 0.6) is 5.75 Å². The number of hydroxylamine groups is 2. The van der Waals surface area contributed by atoms with E-state index in [0.717, 1.165) is 102 Å². The number of hydrogen-bond donors (Lipinski definition) is 4. The third-order valence-corrected chi connectivity index (χ3v) is 23.9. The molecule has 5 saturated carbocycles. The first-order valence-corrected chi connectivity index (χ1v) is 35.3. The molecule has 87 heavy (non-hydrogen) atoms. The molecule has 0 amide bonds. The average Bonchev–Trinajstić information content (AvgIpc) is 2.07. The molecule has 0 radical (unpaired) electrons. The van der Waals surface area contributed by atoms with Gasteiger partial charge >= 0.3 is 5.97 Å². The maximum Gasteiger partial charge on any atom is 0.307 e. The Morgan fingerprint density at radius 3 is 2.29 bits per heavy atom. The third kappa shape index (κ3) is 14.5.